The molecule has 0 aromatic heterocycles. The van der Waals surface area contributed by atoms with Gasteiger partial charge in [-0.05, 0) is 20.6 Å². The van der Waals surface area contributed by atoms with E-state index in [0.29, 0.717) is 20.6 Å². The van der Waals surface area contributed by atoms with Crippen LogP contribution < -0.4 is 24.8 Å². The molecule has 0 saturated carbocycles. The van der Waals surface area contributed by atoms with Crippen LogP contribution in [-0.2, 0) is 34.7 Å². The van der Waals surface area contributed by atoms with Gasteiger partial charge in [-0.25, -0.2) is 0 Å². The zero-order chi connectivity index (χ0) is 34.3. The van der Waals surface area contributed by atoms with Gasteiger partial charge in [0.05, 0.1) is 16.9 Å². The number of rotatable bonds is 2. The van der Waals surface area contributed by atoms with Crippen molar-refractivity contribution in [3.8, 4) is 0 Å². The molecule has 0 heterocycles. The Morgan fingerprint density at radius 1 is 0.370 bits per heavy atom. The molecular formula is C38H74Cl2Cr2P2Si2. The Hall–Kier alpha value is 1.64. The third kappa shape index (κ3) is 21.1. The molecular weight excluding hydrogens is 749 g/mol. The molecule has 0 fully saturated rings. The maximum Gasteiger partial charge on any atom is 2.00 e. The first-order valence-corrected chi connectivity index (χ1v) is 25.4. The first kappa shape index (κ1) is 59.8. The summed E-state index contributed by atoms with van der Waals surface area (Å²) < 4.78 is 0. The monoisotopic (exact) mass is 822 g/mol. The molecule has 0 nitrogen and oxygen atoms in total. The second-order valence-electron chi connectivity index (χ2n) is 16.8. The number of aryl methyl sites for hydroxylation is 4. The fourth-order valence-electron chi connectivity index (χ4n) is 6.96. The van der Waals surface area contributed by atoms with Gasteiger partial charge in [0.1, 0.15) is 0 Å². The predicted octanol–water partition coefficient (Wildman–Crippen LogP) is 7.91. The summed E-state index contributed by atoms with van der Waals surface area (Å²) in [5.74, 6) is 0. The fraction of sp³-hybridized carbons (Fsp3) is 0.737. The van der Waals surface area contributed by atoms with Gasteiger partial charge in [0.2, 0.25) is 0 Å². The van der Waals surface area contributed by atoms with E-state index in [9.17, 15) is 0 Å². The summed E-state index contributed by atoms with van der Waals surface area (Å²) in [4.78, 5) is 0. The molecule has 270 valence electrons. The predicted molar refractivity (Wildman–Crippen MR) is 210 cm³/mol. The maximum atomic E-state index is 2.47. The zero-order valence-electron chi connectivity index (χ0n) is 34.6. The van der Waals surface area contributed by atoms with Crippen LogP contribution in [0.3, 0.4) is 0 Å². The average molecular weight is 824 g/mol. The Morgan fingerprint density at radius 3 is 0.522 bits per heavy atom. The first-order valence-electron chi connectivity index (χ1n) is 16.0. The van der Waals surface area contributed by atoms with E-state index in [0.717, 1.165) is 0 Å². The molecule has 2 aromatic carbocycles. The maximum absolute atomic E-state index is 2.47. The van der Waals surface area contributed by atoms with Gasteiger partial charge in [0.15, 0.2) is 0 Å². The van der Waals surface area contributed by atoms with Gasteiger partial charge >= 0.3 is 34.7 Å². The van der Waals surface area contributed by atoms with Crippen molar-refractivity contribution in [2.75, 3.05) is 0 Å². The smallest absolute Gasteiger partial charge is 1.00 e. The summed E-state index contributed by atoms with van der Waals surface area (Å²) in [6.45, 7) is 56.1. The minimum Gasteiger partial charge on any atom is -1.00 e. The molecule has 2 radical (unpaired) electrons. The molecule has 0 aliphatic heterocycles. The van der Waals surface area contributed by atoms with Crippen molar-refractivity contribution >= 4 is 31.9 Å². The van der Waals surface area contributed by atoms with Crippen LogP contribution in [0.4, 0.5) is 0 Å². The molecule has 2 rings (SSSR count). The molecule has 0 N–H and O–H groups in total. The zero-order valence-corrected chi connectivity index (χ0v) is 42.5. The summed E-state index contributed by atoms with van der Waals surface area (Å²) in [6.07, 6.45) is 0. The first-order chi connectivity index (χ1) is 18.4. The number of hydrogen-bond acceptors (Lipinski definition) is 0. The molecule has 0 atom stereocenters. The largest absolute Gasteiger partial charge is 2.00 e. The summed E-state index contributed by atoms with van der Waals surface area (Å²) >= 11 is 0. The number of halogens is 2. The van der Waals surface area contributed by atoms with E-state index in [4.69, 9.17) is 0 Å². The molecule has 0 unspecified atom stereocenters. The molecule has 0 aliphatic carbocycles. The summed E-state index contributed by atoms with van der Waals surface area (Å²) in [7, 11) is 0.154. The van der Waals surface area contributed by atoms with Crippen LogP contribution in [-0.4, -0.2) is 37.6 Å². The van der Waals surface area contributed by atoms with E-state index in [1.54, 1.807) is 0 Å². The van der Waals surface area contributed by atoms with Crippen molar-refractivity contribution in [1.29, 1.82) is 0 Å². The van der Waals surface area contributed by atoms with E-state index in [1.165, 1.54) is 44.5 Å². The Bertz CT molecular complexity index is 920. The third-order valence-corrected chi connectivity index (χ3v) is 28.5. The van der Waals surface area contributed by atoms with Crippen LogP contribution in [0.1, 0.15) is 128 Å². The molecule has 2 aromatic rings. The van der Waals surface area contributed by atoms with Crippen LogP contribution in [0.15, 0.2) is 12.1 Å². The summed E-state index contributed by atoms with van der Waals surface area (Å²) in [5, 5.41) is 2.13. The van der Waals surface area contributed by atoms with Gasteiger partial charge in [-0.1, -0.05) is 165 Å². The molecule has 0 aliphatic rings. The Labute approximate surface area is 330 Å². The van der Waals surface area contributed by atoms with E-state index < -0.39 is 0 Å². The quantitative estimate of drug-likeness (QED) is 0.164. The van der Waals surface area contributed by atoms with Crippen molar-refractivity contribution in [2.45, 2.75) is 185 Å². The van der Waals surface area contributed by atoms with Crippen LogP contribution in [0.2, 0.25) is 26.2 Å². The van der Waals surface area contributed by atoms with Gasteiger partial charge in [0, 0.05) is 0 Å². The average Bonchev–Trinajstić information content (AvgIpc) is 3.06. The SMILES string of the molecule is C[Si](C)P(C(C)(C)C)C(C)(C)C.C[Si](C)P(C(C)(C)C)C(C)(C)C.Cc1[cH-]c(C)c(C)c1C.Cc1[cH-]c(C)c(C)c1C.[Cl-].[Cl-].[Cr+2].[Cr+2]. The van der Waals surface area contributed by atoms with Gasteiger partial charge in [-0.3, -0.25) is 0 Å². The Balaban J connectivity index is -0.000000113. The fourth-order valence-corrected chi connectivity index (χ4v) is 32.5. The van der Waals surface area contributed by atoms with Crippen molar-refractivity contribution in [3.63, 3.8) is 0 Å². The second-order valence-corrected chi connectivity index (χ2v) is 35.3. The molecule has 0 amide bonds. The number of hydrogen-bond donors (Lipinski definition) is 0. The van der Waals surface area contributed by atoms with Crippen molar-refractivity contribution in [2.24, 2.45) is 0 Å². The molecule has 0 spiro atoms. The molecule has 0 saturated heterocycles. The Morgan fingerprint density at radius 2 is 0.500 bits per heavy atom. The van der Waals surface area contributed by atoms with Gasteiger partial charge in [0.25, 0.3) is 0 Å². The van der Waals surface area contributed by atoms with E-state index in [2.05, 4.69) is 177 Å². The van der Waals surface area contributed by atoms with E-state index in [-0.39, 0.29) is 91.4 Å². The summed E-state index contributed by atoms with van der Waals surface area (Å²) in [5.41, 5.74) is 11.5. The molecule has 46 heavy (non-hydrogen) atoms. The third-order valence-electron chi connectivity index (χ3n) is 7.93. The van der Waals surface area contributed by atoms with Crippen molar-refractivity contribution < 1.29 is 59.5 Å². The minimum absolute atomic E-state index is 0. The van der Waals surface area contributed by atoms with Crippen LogP contribution in [0, 0.1) is 55.4 Å². The van der Waals surface area contributed by atoms with E-state index >= 15 is 0 Å². The Kier molecular flexibility index (Phi) is 31.2. The van der Waals surface area contributed by atoms with Crippen molar-refractivity contribution in [1.82, 2.24) is 0 Å². The van der Waals surface area contributed by atoms with Gasteiger partial charge < -0.3 is 24.8 Å². The molecule has 0 bridgehead atoms. The minimum atomic E-state index is -0.123. The van der Waals surface area contributed by atoms with Crippen LogP contribution in [0.5, 0.6) is 0 Å². The standard InChI is InChI=1S/2C10H24PSi.2C9H13.2ClH.2Cr/c2*1-9(2,3)11(12(7)8)10(4,5)6;2*1-6-5-7(2)9(4)8(6)3;;;;/h2*1-8H3;2*5H,1-4H3;2*1H;;/q;;2*-1;;;2*+2/p-2. The van der Waals surface area contributed by atoms with Crippen LogP contribution in [0.25, 0.3) is 0 Å². The molecule has 8 heteroatoms. The topological polar surface area (TPSA) is 0 Å². The van der Waals surface area contributed by atoms with Gasteiger partial charge in [-0.15, -0.1) is 14.9 Å². The second kappa shape index (κ2) is 24.0. The normalized spacial score (nSPS) is 11.6. The van der Waals surface area contributed by atoms with Gasteiger partial charge in [-0.2, -0.15) is 56.6 Å². The van der Waals surface area contributed by atoms with Crippen molar-refractivity contribution in [3.05, 3.63) is 56.6 Å². The van der Waals surface area contributed by atoms with E-state index in [1.807, 2.05) is 0 Å². The van der Waals surface area contributed by atoms with Crippen LogP contribution >= 0.6 is 14.9 Å². The summed E-state index contributed by atoms with van der Waals surface area (Å²) in [6, 6.07) is 4.48.